The van der Waals surface area contributed by atoms with E-state index in [0.29, 0.717) is 18.4 Å². The van der Waals surface area contributed by atoms with E-state index in [2.05, 4.69) is 10.2 Å². The predicted octanol–water partition coefficient (Wildman–Crippen LogP) is 0.869. The van der Waals surface area contributed by atoms with Gasteiger partial charge in [0.05, 0.1) is 12.7 Å². The maximum atomic E-state index is 12.5. The van der Waals surface area contributed by atoms with Crippen LogP contribution in [0.4, 0.5) is 0 Å². The van der Waals surface area contributed by atoms with Crippen LogP contribution in [0.15, 0.2) is 0 Å². The molecule has 0 radical (unpaired) electrons. The van der Waals surface area contributed by atoms with E-state index in [4.69, 9.17) is 4.74 Å². The molecule has 2 saturated carbocycles. The second-order valence-corrected chi connectivity index (χ2v) is 5.97. The predicted molar refractivity (Wildman–Crippen MR) is 69.2 cm³/mol. The van der Waals surface area contributed by atoms with Crippen molar-refractivity contribution in [1.82, 2.24) is 10.2 Å². The summed E-state index contributed by atoms with van der Waals surface area (Å²) in [6.45, 7) is 3.09. The van der Waals surface area contributed by atoms with Gasteiger partial charge in [0.2, 0.25) is 5.91 Å². The molecule has 0 aromatic rings. The average molecular weight is 252 g/mol. The van der Waals surface area contributed by atoms with Crippen LogP contribution in [-0.2, 0) is 9.53 Å². The molecule has 3 rings (SSSR count). The zero-order valence-electron chi connectivity index (χ0n) is 11.2. The van der Waals surface area contributed by atoms with Gasteiger partial charge in [0.1, 0.15) is 0 Å². The summed E-state index contributed by atoms with van der Waals surface area (Å²) in [4.78, 5) is 14.6. The topological polar surface area (TPSA) is 41.6 Å². The van der Waals surface area contributed by atoms with Gasteiger partial charge in [-0.2, -0.15) is 0 Å². The van der Waals surface area contributed by atoms with E-state index in [-0.39, 0.29) is 6.10 Å². The number of ether oxygens (including phenoxy) is 1. The number of nitrogens with one attached hydrogen (secondary N) is 1. The van der Waals surface area contributed by atoms with Crippen molar-refractivity contribution < 1.29 is 9.53 Å². The normalized spacial score (nSPS) is 39.3. The lowest BCUT2D eigenvalue weighted by Crippen LogP contribution is -2.49. The molecule has 1 N–H and O–H groups in total. The summed E-state index contributed by atoms with van der Waals surface area (Å²) in [7, 11) is 1.93. The monoisotopic (exact) mass is 252 g/mol. The van der Waals surface area contributed by atoms with Gasteiger partial charge in [0.25, 0.3) is 0 Å². The lowest BCUT2D eigenvalue weighted by molar-refractivity contribution is -0.140. The maximum absolute atomic E-state index is 12.5. The number of hydrogen-bond donors (Lipinski definition) is 1. The zero-order chi connectivity index (χ0) is 12.5. The molecule has 0 aromatic heterocycles. The maximum Gasteiger partial charge on any atom is 0.226 e. The van der Waals surface area contributed by atoms with Crippen LogP contribution < -0.4 is 5.32 Å². The molecule has 102 valence electrons. The van der Waals surface area contributed by atoms with Crippen molar-refractivity contribution in [2.75, 3.05) is 33.3 Å². The third kappa shape index (κ3) is 2.28. The lowest BCUT2D eigenvalue weighted by Gasteiger charge is -2.33. The number of morpholine rings is 1. The minimum atomic E-state index is 0.175. The highest BCUT2D eigenvalue weighted by Crippen LogP contribution is 2.56. The molecule has 4 nitrogen and oxygen atoms in total. The quantitative estimate of drug-likeness (QED) is 0.810. The van der Waals surface area contributed by atoms with Crippen LogP contribution in [-0.4, -0.2) is 50.2 Å². The fourth-order valence-electron chi connectivity index (χ4n) is 3.84. The Bertz CT molecular complexity index is 307. The first-order valence-corrected chi connectivity index (χ1v) is 7.36. The minimum absolute atomic E-state index is 0.175. The van der Waals surface area contributed by atoms with Gasteiger partial charge in [-0.3, -0.25) is 4.79 Å². The van der Waals surface area contributed by atoms with Crippen molar-refractivity contribution in [2.24, 2.45) is 17.8 Å². The van der Waals surface area contributed by atoms with Crippen molar-refractivity contribution in [1.29, 1.82) is 0 Å². The molecule has 1 heterocycles. The Morgan fingerprint density at radius 2 is 2.06 bits per heavy atom. The van der Waals surface area contributed by atoms with Gasteiger partial charge in [-0.1, -0.05) is 12.8 Å². The molecule has 3 unspecified atom stereocenters. The van der Waals surface area contributed by atoms with Crippen LogP contribution in [0.1, 0.15) is 25.7 Å². The molecule has 4 heteroatoms. The van der Waals surface area contributed by atoms with E-state index >= 15 is 0 Å². The van der Waals surface area contributed by atoms with Crippen LogP contribution in [0, 0.1) is 17.8 Å². The van der Waals surface area contributed by atoms with E-state index < -0.39 is 0 Å². The summed E-state index contributed by atoms with van der Waals surface area (Å²) in [5, 5.41) is 3.13. The van der Waals surface area contributed by atoms with Gasteiger partial charge >= 0.3 is 0 Å². The molecule has 18 heavy (non-hydrogen) atoms. The van der Waals surface area contributed by atoms with Crippen molar-refractivity contribution in [2.45, 2.75) is 31.8 Å². The Balaban J connectivity index is 1.56. The molecule has 3 atom stereocenters. The average Bonchev–Trinajstić information content (AvgIpc) is 3.13. The van der Waals surface area contributed by atoms with Crippen molar-refractivity contribution in [3.05, 3.63) is 0 Å². The molecule has 0 bridgehead atoms. The molecule has 1 amide bonds. The van der Waals surface area contributed by atoms with E-state index in [1.165, 1.54) is 25.7 Å². The van der Waals surface area contributed by atoms with Gasteiger partial charge < -0.3 is 15.0 Å². The number of nitrogens with zero attached hydrogens (tertiary/aromatic N) is 1. The zero-order valence-corrected chi connectivity index (χ0v) is 11.2. The number of rotatable bonds is 3. The number of amides is 1. The molecule has 3 fully saturated rings. The SMILES string of the molecule is CNCC1CN(C(=O)C2C3CCCCC32)CCO1. The first-order chi connectivity index (χ1) is 8.81. The van der Waals surface area contributed by atoms with Gasteiger partial charge in [0, 0.05) is 25.6 Å². The first kappa shape index (κ1) is 12.4. The van der Waals surface area contributed by atoms with Crippen LogP contribution in [0.3, 0.4) is 0 Å². The molecular weight excluding hydrogens is 228 g/mol. The number of carbonyl (C=O) groups excluding carboxylic acids is 1. The first-order valence-electron chi connectivity index (χ1n) is 7.36. The van der Waals surface area contributed by atoms with E-state index in [0.717, 1.165) is 31.5 Å². The lowest BCUT2D eigenvalue weighted by atomic mass is 10.0. The molecular formula is C14H24N2O2. The third-order valence-corrected chi connectivity index (χ3v) is 4.82. The molecule has 1 saturated heterocycles. The Morgan fingerprint density at radius 1 is 1.33 bits per heavy atom. The van der Waals surface area contributed by atoms with E-state index in [1.54, 1.807) is 0 Å². The van der Waals surface area contributed by atoms with Crippen molar-refractivity contribution in [3.8, 4) is 0 Å². The van der Waals surface area contributed by atoms with Gasteiger partial charge in [-0.05, 0) is 31.7 Å². The van der Waals surface area contributed by atoms with Crippen LogP contribution in [0.5, 0.6) is 0 Å². The highest BCUT2D eigenvalue weighted by atomic mass is 16.5. The molecule has 1 aliphatic heterocycles. The van der Waals surface area contributed by atoms with E-state index in [1.807, 2.05) is 7.05 Å². The fourth-order valence-corrected chi connectivity index (χ4v) is 3.84. The number of carbonyl (C=O) groups is 1. The third-order valence-electron chi connectivity index (χ3n) is 4.82. The largest absolute Gasteiger partial charge is 0.373 e. The Kier molecular flexibility index (Phi) is 3.57. The molecule has 0 aromatic carbocycles. The van der Waals surface area contributed by atoms with Crippen LogP contribution >= 0.6 is 0 Å². The molecule has 0 spiro atoms. The highest BCUT2D eigenvalue weighted by Gasteiger charge is 2.55. The Morgan fingerprint density at radius 3 is 2.72 bits per heavy atom. The summed E-state index contributed by atoms with van der Waals surface area (Å²) in [5.74, 6) is 2.21. The van der Waals surface area contributed by atoms with Crippen molar-refractivity contribution >= 4 is 5.91 Å². The molecule has 2 aliphatic carbocycles. The Labute approximate surface area is 109 Å². The van der Waals surface area contributed by atoms with Crippen molar-refractivity contribution in [3.63, 3.8) is 0 Å². The fraction of sp³-hybridized carbons (Fsp3) is 0.929. The second-order valence-electron chi connectivity index (χ2n) is 5.97. The van der Waals surface area contributed by atoms with Gasteiger partial charge in [0.15, 0.2) is 0 Å². The van der Waals surface area contributed by atoms with E-state index in [9.17, 15) is 4.79 Å². The van der Waals surface area contributed by atoms with Crippen LogP contribution in [0.25, 0.3) is 0 Å². The summed E-state index contributed by atoms with van der Waals surface area (Å²) >= 11 is 0. The summed E-state index contributed by atoms with van der Waals surface area (Å²) in [6.07, 6.45) is 5.40. The summed E-state index contributed by atoms with van der Waals surface area (Å²) in [6, 6.07) is 0. The standard InChI is InChI=1S/C14H24N2O2/c1-15-8-10-9-16(6-7-18-10)14(17)13-11-4-2-3-5-12(11)13/h10-13,15H,2-9H2,1H3. The van der Waals surface area contributed by atoms with Crippen LogP contribution in [0.2, 0.25) is 0 Å². The van der Waals surface area contributed by atoms with Gasteiger partial charge in [-0.15, -0.1) is 0 Å². The summed E-state index contributed by atoms with van der Waals surface area (Å²) in [5.41, 5.74) is 0. The Hall–Kier alpha value is -0.610. The number of hydrogen-bond acceptors (Lipinski definition) is 3. The summed E-state index contributed by atoms with van der Waals surface area (Å²) < 4.78 is 5.66. The number of fused-ring (bicyclic) bond motifs is 1. The molecule has 3 aliphatic rings. The highest BCUT2D eigenvalue weighted by molar-refractivity contribution is 5.82. The second kappa shape index (κ2) is 5.17. The van der Waals surface area contributed by atoms with Gasteiger partial charge in [-0.25, -0.2) is 0 Å². The number of likely N-dealkylation sites (N-methyl/N-ethyl adjacent to an activating group) is 1. The minimum Gasteiger partial charge on any atom is -0.373 e. The smallest absolute Gasteiger partial charge is 0.226 e.